The van der Waals surface area contributed by atoms with E-state index in [0.717, 1.165) is 6.42 Å². The Morgan fingerprint density at radius 2 is 2.18 bits per heavy atom. The molecule has 0 aliphatic heterocycles. The molecule has 6 nitrogen and oxygen atoms in total. The zero-order valence-corrected chi connectivity index (χ0v) is 10.0. The van der Waals surface area contributed by atoms with E-state index in [2.05, 4.69) is 10.4 Å². The molecule has 2 N–H and O–H groups in total. The van der Waals surface area contributed by atoms with Crippen LogP contribution in [0.4, 0.5) is 5.82 Å². The number of aryl methyl sites for hydroxylation is 1. The lowest BCUT2D eigenvalue weighted by molar-refractivity contribution is -0.118. The molecule has 1 aliphatic carbocycles. The van der Waals surface area contributed by atoms with Gasteiger partial charge in [0.1, 0.15) is 5.69 Å². The van der Waals surface area contributed by atoms with Gasteiger partial charge in [0.2, 0.25) is 5.91 Å². The van der Waals surface area contributed by atoms with Crippen molar-refractivity contribution in [3.8, 4) is 0 Å². The highest BCUT2D eigenvalue weighted by Crippen LogP contribution is 2.51. The standard InChI is InChI=1S/C11H15N3O3/c1-11(2)5-6(11)9(15)12-8-4-7(10(16)17)14(3)13-8/h4,6H,5H2,1-3H3,(H,16,17)(H,12,13,15)/t6-/m1/s1. The summed E-state index contributed by atoms with van der Waals surface area (Å²) in [5.41, 5.74) is 0.101. The maximum Gasteiger partial charge on any atom is 0.354 e. The first kappa shape index (κ1) is 11.6. The molecule has 1 saturated carbocycles. The van der Waals surface area contributed by atoms with Gasteiger partial charge in [-0.2, -0.15) is 5.10 Å². The lowest BCUT2D eigenvalue weighted by Gasteiger charge is -2.02. The third-order valence-corrected chi connectivity index (χ3v) is 3.18. The van der Waals surface area contributed by atoms with Gasteiger partial charge < -0.3 is 10.4 Å². The van der Waals surface area contributed by atoms with Gasteiger partial charge in [0.15, 0.2) is 5.82 Å². The van der Waals surface area contributed by atoms with Gasteiger partial charge in [-0.1, -0.05) is 13.8 Å². The quantitative estimate of drug-likeness (QED) is 0.824. The second-order valence-electron chi connectivity index (χ2n) is 5.08. The Hall–Kier alpha value is -1.85. The van der Waals surface area contributed by atoms with Crippen LogP contribution in [0.25, 0.3) is 0 Å². The number of anilines is 1. The minimum atomic E-state index is -1.06. The number of carbonyl (C=O) groups is 2. The van der Waals surface area contributed by atoms with E-state index in [-0.39, 0.29) is 28.8 Å². The van der Waals surface area contributed by atoms with Crippen LogP contribution < -0.4 is 5.32 Å². The number of carboxylic acid groups (broad SMARTS) is 1. The van der Waals surface area contributed by atoms with Crippen molar-refractivity contribution in [2.75, 3.05) is 5.32 Å². The third kappa shape index (κ3) is 2.15. The molecule has 1 atom stereocenters. The summed E-state index contributed by atoms with van der Waals surface area (Å²) in [5.74, 6) is -0.868. The van der Waals surface area contributed by atoms with Crippen molar-refractivity contribution in [3.63, 3.8) is 0 Å². The van der Waals surface area contributed by atoms with Gasteiger partial charge in [-0.25, -0.2) is 4.79 Å². The van der Waals surface area contributed by atoms with E-state index >= 15 is 0 Å². The summed E-state index contributed by atoms with van der Waals surface area (Å²) in [6.07, 6.45) is 0.859. The molecular formula is C11H15N3O3. The highest BCUT2D eigenvalue weighted by atomic mass is 16.4. The first-order chi connectivity index (χ1) is 7.81. The fourth-order valence-corrected chi connectivity index (χ4v) is 1.86. The van der Waals surface area contributed by atoms with Crippen molar-refractivity contribution in [1.82, 2.24) is 9.78 Å². The molecule has 0 unspecified atom stereocenters. The van der Waals surface area contributed by atoms with Crippen LogP contribution in [0, 0.1) is 11.3 Å². The second-order valence-corrected chi connectivity index (χ2v) is 5.08. The topological polar surface area (TPSA) is 84.2 Å². The predicted octanol–water partition coefficient (Wildman–Crippen LogP) is 1.10. The van der Waals surface area contributed by atoms with Gasteiger partial charge in [0.25, 0.3) is 0 Å². The summed E-state index contributed by atoms with van der Waals surface area (Å²) in [6.45, 7) is 4.05. The Balaban J connectivity index is 2.07. The first-order valence-corrected chi connectivity index (χ1v) is 5.39. The van der Waals surface area contributed by atoms with Gasteiger partial charge in [-0.15, -0.1) is 0 Å². The number of aromatic nitrogens is 2. The molecule has 17 heavy (non-hydrogen) atoms. The average molecular weight is 237 g/mol. The van der Waals surface area contributed by atoms with Crippen molar-refractivity contribution < 1.29 is 14.7 Å². The number of nitrogens with one attached hydrogen (secondary N) is 1. The van der Waals surface area contributed by atoms with Crippen LogP contribution in [-0.2, 0) is 11.8 Å². The molecule has 0 saturated heterocycles. The zero-order valence-electron chi connectivity index (χ0n) is 10.0. The summed E-state index contributed by atoms with van der Waals surface area (Å²) >= 11 is 0. The molecule has 0 radical (unpaired) electrons. The van der Waals surface area contributed by atoms with Gasteiger partial charge in [-0.3, -0.25) is 9.48 Å². The SMILES string of the molecule is Cn1nc(NC(=O)[C@H]2CC2(C)C)cc1C(=O)O. The number of hydrogen-bond acceptors (Lipinski definition) is 3. The van der Waals surface area contributed by atoms with Crippen molar-refractivity contribution in [3.05, 3.63) is 11.8 Å². The van der Waals surface area contributed by atoms with Crippen LogP contribution in [0.5, 0.6) is 0 Å². The van der Waals surface area contributed by atoms with Crippen LogP contribution in [-0.4, -0.2) is 26.8 Å². The Labute approximate surface area is 98.6 Å². The maximum atomic E-state index is 11.8. The third-order valence-electron chi connectivity index (χ3n) is 3.18. The predicted molar refractivity (Wildman–Crippen MR) is 60.7 cm³/mol. The molecular weight excluding hydrogens is 222 g/mol. The average Bonchev–Trinajstić information content (AvgIpc) is 2.66. The Kier molecular flexibility index (Phi) is 2.45. The number of carboxylic acids is 1. The molecule has 2 rings (SSSR count). The molecule has 6 heteroatoms. The summed E-state index contributed by atoms with van der Waals surface area (Å²) in [6, 6.07) is 1.36. The van der Waals surface area contributed by atoms with Gasteiger partial charge >= 0.3 is 5.97 Å². The first-order valence-electron chi connectivity index (χ1n) is 5.39. The van der Waals surface area contributed by atoms with Gasteiger partial charge in [-0.05, 0) is 11.8 Å². The summed E-state index contributed by atoms with van der Waals surface area (Å²) < 4.78 is 1.23. The minimum absolute atomic E-state index is 0.00205. The molecule has 1 aliphatic rings. The minimum Gasteiger partial charge on any atom is -0.477 e. The Morgan fingerprint density at radius 3 is 2.59 bits per heavy atom. The molecule has 1 fully saturated rings. The van der Waals surface area contributed by atoms with Crippen LogP contribution in [0.2, 0.25) is 0 Å². The van der Waals surface area contributed by atoms with E-state index < -0.39 is 5.97 Å². The van der Waals surface area contributed by atoms with Crippen molar-refractivity contribution in [2.24, 2.45) is 18.4 Å². The van der Waals surface area contributed by atoms with Crippen LogP contribution in [0.15, 0.2) is 6.07 Å². The Morgan fingerprint density at radius 1 is 1.59 bits per heavy atom. The fraction of sp³-hybridized carbons (Fsp3) is 0.545. The number of rotatable bonds is 3. The number of carbonyl (C=O) groups excluding carboxylic acids is 1. The number of nitrogens with zero attached hydrogens (tertiary/aromatic N) is 2. The maximum absolute atomic E-state index is 11.8. The molecule has 0 bridgehead atoms. The van der Waals surface area contributed by atoms with Crippen LogP contribution >= 0.6 is 0 Å². The zero-order chi connectivity index (χ0) is 12.8. The molecule has 92 valence electrons. The number of aromatic carboxylic acids is 1. The second kappa shape index (κ2) is 3.58. The van der Waals surface area contributed by atoms with E-state index in [1.54, 1.807) is 0 Å². The van der Waals surface area contributed by atoms with Crippen molar-refractivity contribution in [2.45, 2.75) is 20.3 Å². The summed E-state index contributed by atoms with van der Waals surface area (Å²) in [5, 5.41) is 15.4. The normalized spacial score (nSPS) is 21.0. The van der Waals surface area contributed by atoms with E-state index in [1.807, 2.05) is 13.8 Å². The number of hydrogen-bond donors (Lipinski definition) is 2. The highest BCUT2D eigenvalue weighted by Gasteiger charge is 2.50. The van der Waals surface area contributed by atoms with E-state index in [4.69, 9.17) is 5.11 Å². The highest BCUT2D eigenvalue weighted by molar-refractivity contribution is 5.95. The monoisotopic (exact) mass is 237 g/mol. The molecule has 0 aromatic carbocycles. The Bertz CT molecular complexity index is 490. The molecule has 1 heterocycles. The number of amides is 1. The molecule has 1 aromatic rings. The van der Waals surface area contributed by atoms with Crippen molar-refractivity contribution in [1.29, 1.82) is 0 Å². The lowest BCUT2D eigenvalue weighted by atomic mass is 10.1. The largest absolute Gasteiger partial charge is 0.477 e. The van der Waals surface area contributed by atoms with Crippen LogP contribution in [0.1, 0.15) is 30.8 Å². The molecule has 1 amide bonds. The van der Waals surface area contributed by atoms with Gasteiger partial charge in [0, 0.05) is 19.0 Å². The van der Waals surface area contributed by atoms with E-state index in [1.165, 1.54) is 17.8 Å². The smallest absolute Gasteiger partial charge is 0.354 e. The lowest BCUT2D eigenvalue weighted by Crippen LogP contribution is -2.16. The van der Waals surface area contributed by atoms with E-state index in [0.29, 0.717) is 0 Å². The fourth-order valence-electron chi connectivity index (χ4n) is 1.86. The summed E-state index contributed by atoms with van der Waals surface area (Å²) in [7, 11) is 1.53. The molecule has 0 spiro atoms. The summed E-state index contributed by atoms with van der Waals surface area (Å²) in [4.78, 5) is 22.6. The molecule has 1 aromatic heterocycles. The van der Waals surface area contributed by atoms with Crippen molar-refractivity contribution >= 4 is 17.7 Å². The van der Waals surface area contributed by atoms with E-state index in [9.17, 15) is 9.59 Å². The van der Waals surface area contributed by atoms with Crippen LogP contribution in [0.3, 0.4) is 0 Å². The van der Waals surface area contributed by atoms with Gasteiger partial charge in [0.05, 0.1) is 0 Å².